The van der Waals surface area contributed by atoms with Crippen molar-refractivity contribution in [1.82, 2.24) is 24.3 Å². The molecule has 0 spiro atoms. The molecule has 0 radical (unpaired) electrons. The zero-order valence-electron chi connectivity index (χ0n) is 18.1. The molecule has 0 bridgehead atoms. The van der Waals surface area contributed by atoms with Gasteiger partial charge in [-0.15, -0.1) is 0 Å². The van der Waals surface area contributed by atoms with E-state index in [1.807, 2.05) is 48.2 Å². The van der Waals surface area contributed by atoms with Gasteiger partial charge in [0.15, 0.2) is 0 Å². The van der Waals surface area contributed by atoms with E-state index >= 15 is 0 Å². The molecular formula is C24H25FN6O. The first-order valence-corrected chi connectivity index (χ1v) is 10.8. The molecule has 1 aromatic carbocycles. The topological polar surface area (TPSA) is 58.7 Å². The quantitative estimate of drug-likeness (QED) is 0.496. The lowest BCUT2D eigenvalue weighted by Crippen LogP contribution is -2.49. The van der Waals surface area contributed by atoms with E-state index < -0.39 is 0 Å². The summed E-state index contributed by atoms with van der Waals surface area (Å²) in [6.07, 6.45) is 7.73. The van der Waals surface area contributed by atoms with E-state index in [0.717, 1.165) is 41.0 Å². The highest BCUT2D eigenvalue weighted by atomic mass is 19.1. The van der Waals surface area contributed by atoms with Crippen molar-refractivity contribution in [1.29, 1.82) is 0 Å². The van der Waals surface area contributed by atoms with Gasteiger partial charge in [0.25, 0.3) is 0 Å². The molecular weight excluding hydrogens is 407 g/mol. The van der Waals surface area contributed by atoms with Crippen molar-refractivity contribution in [3.8, 4) is 11.1 Å². The number of nitrogens with zero attached hydrogens (tertiary/aromatic N) is 6. The molecule has 7 nitrogen and oxygen atoms in total. The molecule has 1 amide bonds. The number of fused-ring (bicyclic) bond motifs is 1. The Morgan fingerprint density at radius 3 is 2.38 bits per heavy atom. The summed E-state index contributed by atoms with van der Waals surface area (Å²) in [6, 6.07) is 10.4. The number of piperazine rings is 1. The minimum Gasteiger partial charge on any atom is -0.365 e. The third-order valence-corrected chi connectivity index (χ3v) is 6.21. The Kier molecular flexibility index (Phi) is 5.13. The standard InChI is InChI=1S/C24H25FN6O/c1-17(18-3-6-21(25)7-4-18)24(32)30-11-9-29(10-12-30)23-14-27-31-16-19(5-8-22(23)31)20-13-26-28(2)15-20/h3-8,13-17H,9-12H2,1-2H3/t17-/m0/s1. The summed E-state index contributed by atoms with van der Waals surface area (Å²) in [6.45, 7) is 4.67. The third kappa shape index (κ3) is 3.72. The van der Waals surface area contributed by atoms with Gasteiger partial charge in [-0.3, -0.25) is 9.48 Å². The van der Waals surface area contributed by atoms with E-state index in [1.165, 1.54) is 12.1 Å². The molecule has 164 valence electrons. The van der Waals surface area contributed by atoms with Crippen LogP contribution in [0.4, 0.5) is 10.1 Å². The van der Waals surface area contributed by atoms with Crippen molar-refractivity contribution in [2.75, 3.05) is 31.1 Å². The molecule has 8 heteroatoms. The highest BCUT2D eigenvalue weighted by Gasteiger charge is 2.27. The van der Waals surface area contributed by atoms with Crippen molar-refractivity contribution >= 4 is 17.1 Å². The number of amides is 1. The minimum absolute atomic E-state index is 0.0808. The number of aromatic nitrogens is 4. The first-order valence-electron chi connectivity index (χ1n) is 10.8. The molecule has 1 aliphatic heterocycles. The molecule has 0 saturated carbocycles. The molecule has 4 aromatic rings. The van der Waals surface area contributed by atoms with Gasteiger partial charge < -0.3 is 9.80 Å². The number of aryl methyl sites for hydroxylation is 1. The van der Waals surface area contributed by atoms with Crippen LogP contribution in [0.25, 0.3) is 16.6 Å². The molecule has 4 heterocycles. The number of rotatable bonds is 4. The number of hydrogen-bond acceptors (Lipinski definition) is 4. The molecule has 0 unspecified atom stereocenters. The van der Waals surface area contributed by atoms with Gasteiger partial charge in [-0.25, -0.2) is 8.91 Å². The van der Waals surface area contributed by atoms with Crippen LogP contribution in [-0.2, 0) is 11.8 Å². The van der Waals surface area contributed by atoms with Crippen LogP contribution in [0.15, 0.2) is 61.2 Å². The first kappa shape index (κ1) is 20.2. The second kappa shape index (κ2) is 8.11. The number of pyridine rings is 1. The molecule has 32 heavy (non-hydrogen) atoms. The Hall–Kier alpha value is -3.68. The number of carbonyl (C=O) groups is 1. The highest BCUT2D eigenvalue weighted by Crippen LogP contribution is 2.27. The predicted molar refractivity (Wildman–Crippen MR) is 121 cm³/mol. The number of hydrogen-bond donors (Lipinski definition) is 0. The van der Waals surface area contributed by atoms with Crippen LogP contribution in [0.1, 0.15) is 18.4 Å². The summed E-state index contributed by atoms with van der Waals surface area (Å²) < 4.78 is 16.9. The average molecular weight is 433 g/mol. The SMILES string of the molecule is C[C@H](C(=O)N1CCN(c2cnn3cc(-c4cnn(C)c4)ccc23)CC1)c1ccc(F)cc1. The van der Waals surface area contributed by atoms with E-state index in [2.05, 4.69) is 27.2 Å². The maximum atomic E-state index is 13.2. The second-order valence-electron chi connectivity index (χ2n) is 8.27. The van der Waals surface area contributed by atoms with Gasteiger partial charge in [-0.2, -0.15) is 10.2 Å². The molecule has 0 aliphatic carbocycles. The Labute approximate surface area is 185 Å². The van der Waals surface area contributed by atoms with Gasteiger partial charge >= 0.3 is 0 Å². The molecule has 0 N–H and O–H groups in total. The smallest absolute Gasteiger partial charge is 0.229 e. The number of benzene rings is 1. The van der Waals surface area contributed by atoms with Gasteiger partial charge in [0.05, 0.1) is 29.5 Å². The minimum atomic E-state index is -0.289. The van der Waals surface area contributed by atoms with Crippen LogP contribution in [-0.4, -0.2) is 56.4 Å². The van der Waals surface area contributed by atoms with Crippen molar-refractivity contribution in [2.24, 2.45) is 7.05 Å². The Bertz CT molecular complexity index is 1250. The van der Waals surface area contributed by atoms with E-state index in [0.29, 0.717) is 13.1 Å². The van der Waals surface area contributed by atoms with Crippen molar-refractivity contribution in [3.05, 3.63) is 72.6 Å². The number of halogens is 1. The van der Waals surface area contributed by atoms with Gasteiger partial charge in [0.2, 0.25) is 5.91 Å². The maximum Gasteiger partial charge on any atom is 0.229 e. The maximum absolute atomic E-state index is 13.2. The number of carbonyl (C=O) groups excluding carboxylic acids is 1. The van der Waals surface area contributed by atoms with E-state index in [-0.39, 0.29) is 17.6 Å². The number of anilines is 1. The summed E-state index contributed by atoms with van der Waals surface area (Å²) in [4.78, 5) is 17.1. The molecule has 3 aromatic heterocycles. The van der Waals surface area contributed by atoms with Crippen molar-refractivity contribution in [3.63, 3.8) is 0 Å². The summed E-state index contributed by atoms with van der Waals surface area (Å²) >= 11 is 0. The molecule has 1 fully saturated rings. The summed E-state index contributed by atoms with van der Waals surface area (Å²) in [5.41, 5.74) is 5.06. The fraction of sp³-hybridized carbons (Fsp3) is 0.292. The highest BCUT2D eigenvalue weighted by molar-refractivity contribution is 5.84. The fourth-order valence-corrected chi connectivity index (χ4v) is 4.29. The van der Waals surface area contributed by atoms with Crippen LogP contribution in [0.5, 0.6) is 0 Å². The van der Waals surface area contributed by atoms with Crippen molar-refractivity contribution in [2.45, 2.75) is 12.8 Å². The van der Waals surface area contributed by atoms with Gasteiger partial charge in [0, 0.05) is 56.7 Å². The Morgan fingerprint density at radius 2 is 1.69 bits per heavy atom. The van der Waals surface area contributed by atoms with Crippen LogP contribution >= 0.6 is 0 Å². The van der Waals surface area contributed by atoms with Gasteiger partial charge in [-0.05, 0) is 30.7 Å². The van der Waals surface area contributed by atoms with Crippen molar-refractivity contribution < 1.29 is 9.18 Å². The van der Waals surface area contributed by atoms with Crippen LogP contribution in [0.3, 0.4) is 0 Å². The normalized spacial score (nSPS) is 15.3. The van der Waals surface area contributed by atoms with Crippen LogP contribution in [0, 0.1) is 5.82 Å². The fourth-order valence-electron chi connectivity index (χ4n) is 4.29. The monoisotopic (exact) mass is 432 g/mol. The predicted octanol–water partition coefficient (Wildman–Crippen LogP) is 3.33. The zero-order chi connectivity index (χ0) is 22.2. The van der Waals surface area contributed by atoms with Crippen LogP contribution < -0.4 is 4.90 Å². The van der Waals surface area contributed by atoms with E-state index in [9.17, 15) is 9.18 Å². The largest absolute Gasteiger partial charge is 0.365 e. The zero-order valence-corrected chi connectivity index (χ0v) is 18.1. The lowest BCUT2D eigenvalue weighted by atomic mass is 9.99. The average Bonchev–Trinajstić information content (AvgIpc) is 3.44. The van der Waals surface area contributed by atoms with Gasteiger partial charge in [0.1, 0.15) is 5.82 Å². The van der Waals surface area contributed by atoms with Crippen LogP contribution in [0.2, 0.25) is 0 Å². The van der Waals surface area contributed by atoms with Gasteiger partial charge in [-0.1, -0.05) is 18.2 Å². The molecule has 1 atom stereocenters. The molecule has 1 aliphatic rings. The van der Waals surface area contributed by atoms with E-state index in [1.54, 1.807) is 16.8 Å². The molecule has 5 rings (SSSR count). The third-order valence-electron chi connectivity index (χ3n) is 6.21. The first-order chi connectivity index (χ1) is 15.5. The Balaban J connectivity index is 1.27. The summed E-state index contributed by atoms with van der Waals surface area (Å²) in [5.74, 6) is -0.495. The van der Waals surface area contributed by atoms with E-state index in [4.69, 9.17) is 0 Å². The molecule has 1 saturated heterocycles. The lowest BCUT2D eigenvalue weighted by Gasteiger charge is -2.36. The Morgan fingerprint density at radius 1 is 0.938 bits per heavy atom. The summed E-state index contributed by atoms with van der Waals surface area (Å²) in [5, 5.41) is 8.79. The lowest BCUT2D eigenvalue weighted by molar-refractivity contribution is -0.132. The second-order valence-corrected chi connectivity index (χ2v) is 8.27. The summed E-state index contributed by atoms with van der Waals surface area (Å²) in [7, 11) is 1.90.